The van der Waals surface area contributed by atoms with Gasteiger partial charge in [-0.15, -0.1) is 11.8 Å². The quantitative estimate of drug-likeness (QED) is 0.408. The van der Waals surface area contributed by atoms with E-state index in [1.165, 1.54) is 17.0 Å². The molecule has 2 aromatic heterocycles. The maximum Gasteiger partial charge on any atom is 0.259 e. The van der Waals surface area contributed by atoms with Crippen LogP contribution < -0.4 is 0 Å². The first kappa shape index (κ1) is 20.1. The van der Waals surface area contributed by atoms with Crippen molar-refractivity contribution in [3.8, 4) is 11.3 Å². The Morgan fingerprint density at radius 2 is 1.83 bits per heavy atom. The molecule has 0 aliphatic heterocycles. The number of aryl methyl sites for hydroxylation is 1. The molecule has 0 bridgehead atoms. The van der Waals surface area contributed by atoms with Gasteiger partial charge < -0.3 is 9.42 Å². The first-order valence-electron chi connectivity index (χ1n) is 9.37. The van der Waals surface area contributed by atoms with Crippen LogP contribution in [0.1, 0.15) is 21.6 Å². The van der Waals surface area contributed by atoms with Crippen LogP contribution in [0.15, 0.2) is 64.0 Å². The van der Waals surface area contributed by atoms with Gasteiger partial charge in [0.05, 0.1) is 22.3 Å². The van der Waals surface area contributed by atoms with Gasteiger partial charge in [0.15, 0.2) is 0 Å². The predicted octanol–water partition coefficient (Wildman–Crippen LogP) is 5.33. The molecule has 0 N–H and O–H groups in total. The number of pyridine rings is 1. The molecule has 7 heteroatoms. The third kappa shape index (κ3) is 3.93. The number of carbonyl (C=O) groups excluding carboxylic acids is 1. The van der Waals surface area contributed by atoms with E-state index in [0.717, 1.165) is 5.56 Å². The molecule has 0 aliphatic rings. The molecule has 0 spiro atoms. The van der Waals surface area contributed by atoms with Crippen molar-refractivity contribution in [1.82, 2.24) is 15.0 Å². The summed E-state index contributed by atoms with van der Waals surface area (Å²) in [6.45, 7) is 2.25. The SMILES string of the molecule is CSc1ccc(CN(C)C(=O)c2cc(-c3ccc(F)cc3)nc3onc(C)c23)cc1. The Bertz CT molecular complexity index is 1200. The number of rotatable bonds is 5. The minimum absolute atomic E-state index is 0.161. The number of carbonyl (C=O) groups is 1. The standard InChI is InChI=1S/C23H20FN3O2S/c1-14-21-19(23(28)27(2)13-15-4-10-18(30-3)11-5-15)12-20(25-22(21)29-26-14)16-6-8-17(24)9-7-16/h4-12H,13H2,1-3H3. The van der Waals surface area contributed by atoms with E-state index in [-0.39, 0.29) is 17.4 Å². The molecule has 0 saturated heterocycles. The summed E-state index contributed by atoms with van der Waals surface area (Å²) in [7, 11) is 1.76. The van der Waals surface area contributed by atoms with Crippen LogP contribution in [0, 0.1) is 12.7 Å². The fraction of sp³-hybridized carbons (Fsp3) is 0.174. The number of hydrogen-bond acceptors (Lipinski definition) is 5. The average molecular weight is 421 g/mol. The Balaban J connectivity index is 1.71. The molecule has 0 aliphatic carbocycles. The summed E-state index contributed by atoms with van der Waals surface area (Å²) in [6.07, 6.45) is 2.03. The van der Waals surface area contributed by atoms with E-state index in [4.69, 9.17) is 4.52 Å². The van der Waals surface area contributed by atoms with Gasteiger partial charge in [-0.25, -0.2) is 9.37 Å². The van der Waals surface area contributed by atoms with Crippen molar-refractivity contribution in [2.75, 3.05) is 13.3 Å². The molecule has 5 nitrogen and oxygen atoms in total. The smallest absolute Gasteiger partial charge is 0.259 e. The first-order valence-corrected chi connectivity index (χ1v) is 10.6. The van der Waals surface area contributed by atoms with Crippen molar-refractivity contribution in [3.63, 3.8) is 0 Å². The topological polar surface area (TPSA) is 59.2 Å². The normalized spacial score (nSPS) is 11.1. The molecule has 0 fully saturated rings. The van der Waals surface area contributed by atoms with Gasteiger partial charge in [0.1, 0.15) is 5.82 Å². The van der Waals surface area contributed by atoms with Gasteiger partial charge >= 0.3 is 0 Å². The summed E-state index contributed by atoms with van der Waals surface area (Å²) in [5.41, 5.74) is 3.60. The first-order chi connectivity index (χ1) is 14.5. The van der Waals surface area contributed by atoms with E-state index in [2.05, 4.69) is 10.1 Å². The van der Waals surface area contributed by atoms with Gasteiger partial charge in [-0.05, 0) is 61.2 Å². The van der Waals surface area contributed by atoms with Gasteiger partial charge in [0, 0.05) is 24.1 Å². The molecule has 2 heterocycles. The lowest BCUT2D eigenvalue weighted by atomic mass is 10.0. The van der Waals surface area contributed by atoms with Crippen molar-refractivity contribution in [2.45, 2.75) is 18.4 Å². The molecule has 0 atom stereocenters. The number of amides is 1. The summed E-state index contributed by atoms with van der Waals surface area (Å²) in [5.74, 6) is -0.495. The zero-order chi connectivity index (χ0) is 21.3. The van der Waals surface area contributed by atoms with Gasteiger partial charge in [-0.1, -0.05) is 17.3 Å². The second kappa shape index (κ2) is 8.28. The van der Waals surface area contributed by atoms with E-state index in [1.807, 2.05) is 30.5 Å². The molecule has 152 valence electrons. The van der Waals surface area contributed by atoms with Crippen LogP contribution in [0.4, 0.5) is 4.39 Å². The number of benzene rings is 2. The van der Waals surface area contributed by atoms with E-state index < -0.39 is 0 Å². The van der Waals surface area contributed by atoms with E-state index >= 15 is 0 Å². The Kier molecular flexibility index (Phi) is 5.55. The molecular weight excluding hydrogens is 401 g/mol. The van der Waals surface area contributed by atoms with Gasteiger partial charge in [-0.2, -0.15) is 0 Å². The lowest BCUT2D eigenvalue weighted by Crippen LogP contribution is -2.26. The molecule has 4 rings (SSSR count). The lowest BCUT2D eigenvalue weighted by Gasteiger charge is -2.18. The molecule has 30 heavy (non-hydrogen) atoms. The number of hydrogen-bond donors (Lipinski definition) is 0. The van der Waals surface area contributed by atoms with Crippen LogP contribution >= 0.6 is 11.8 Å². The maximum atomic E-state index is 13.3. The molecular formula is C23H20FN3O2S. The van der Waals surface area contributed by atoms with Crippen LogP contribution in [-0.4, -0.2) is 34.3 Å². The predicted molar refractivity (Wildman–Crippen MR) is 116 cm³/mol. The van der Waals surface area contributed by atoms with E-state index in [9.17, 15) is 9.18 Å². The minimum atomic E-state index is -0.334. The number of halogens is 1. The Morgan fingerprint density at radius 1 is 1.13 bits per heavy atom. The highest BCUT2D eigenvalue weighted by Crippen LogP contribution is 2.28. The lowest BCUT2D eigenvalue weighted by molar-refractivity contribution is 0.0787. The van der Waals surface area contributed by atoms with Gasteiger partial charge in [0.25, 0.3) is 11.6 Å². The van der Waals surface area contributed by atoms with E-state index in [1.54, 1.807) is 48.8 Å². The third-order valence-electron chi connectivity index (χ3n) is 4.91. The Labute approximate surface area is 177 Å². The van der Waals surface area contributed by atoms with Gasteiger partial charge in [0.2, 0.25) is 0 Å². The highest BCUT2D eigenvalue weighted by molar-refractivity contribution is 7.98. The van der Waals surface area contributed by atoms with E-state index in [0.29, 0.717) is 34.4 Å². The molecule has 0 radical (unpaired) electrons. The van der Waals surface area contributed by atoms with Crippen LogP contribution in [0.2, 0.25) is 0 Å². The second-order valence-corrected chi connectivity index (χ2v) is 7.90. The Hall–Kier alpha value is -3.19. The van der Waals surface area contributed by atoms with Crippen LogP contribution in [0.5, 0.6) is 0 Å². The number of thioether (sulfide) groups is 1. The van der Waals surface area contributed by atoms with Crippen molar-refractivity contribution in [2.24, 2.45) is 0 Å². The largest absolute Gasteiger partial charge is 0.337 e. The fourth-order valence-corrected chi connectivity index (χ4v) is 3.72. The number of fused-ring (bicyclic) bond motifs is 1. The summed E-state index contributed by atoms with van der Waals surface area (Å²) in [5, 5.41) is 4.57. The van der Waals surface area contributed by atoms with Crippen molar-refractivity contribution < 1.29 is 13.7 Å². The minimum Gasteiger partial charge on any atom is -0.337 e. The van der Waals surface area contributed by atoms with Crippen LogP contribution in [0.25, 0.3) is 22.4 Å². The summed E-state index contributed by atoms with van der Waals surface area (Å²) in [6, 6.07) is 15.8. The van der Waals surface area contributed by atoms with Gasteiger partial charge in [-0.3, -0.25) is 4.79 Å². The molecule has 2 aromatic carbocycles. The average Bonchev–Trinajstić information content (AvgIpc) is 3.14. The van der Waals surface area contributed by atoms with Crippen molar-refractivity contribution >= 4 is 28.8 Å². The zero-order valence-corrected chi connectivity index (χ0v) is 17.7. The fourth-order valence-electron chi connectivity index (χ4n) is 3.31. The Morgan fingerprint density at radius 3 is 2.50 bits per heavy atom. The number of aromatic nitrogens is 2. The van der Waals surface area contributed by atoms with Crippen LogP contribution in [0.3, 0.4) is 0 Å². The highest BCUT2D eigenvalue weighted by Gasteiger charge is 2.22. The highest BCUT2D eigenvalue weighted by atomic mass is 32.2. The second-order valence-electron chi connectivity index (χ2n) is 7.02. The van der Waals surface area contributed by atoms with Crippen LogP contribution in [-0.2, 0) is 6.54 Å². The maximum absolute atomic E-state index is 13.3. The zero-order valence-electron chi connectivity index (χ0n) is 16.8. The molecule has 0 unspecified atom stereocenters. The summed E-state index contributed by atoms with van der Waals surface area (Å²) in [4.78, 5) is 20.6. The van der Waals surface area contributed by atoms with Crippen molar-refractivity contribution in [3.05, 3.63) is 77.2 Å². The summed E-state index contributed by atoms with van der Waals surface area (Å²) >= 11 is 1.68. The number of nitrogens with zero attached hydrogens (tertiary/aromatic N) is 3. The van der Waals surface area contributed by atoms with Crippen molar-refractivity contribution in [1.29, 1.82) is 0 Å². The monoisotopic (exact) mass is 421 g/mol. The molecule has 0 saturated carbocycles. The third-order valence-corrected chi connectivity index (χ3v) is 5.66. The molecule has 1 amide bonds. The summed E-state index contributed by atoms with van der Waals surface area (Å²) < 4.78 is 18.7. The molecule has 4 aromatic rings.